The molecule has 4 heterocycles. The van der Waals surface area contributed by atoms with Crippen molar-refractivity contribution < 1.29 is 26.4 Å². The normalized spacial score (nSPS) is 17.3. The quantitative estimate of drug-likeness (QED) is 0.400. The SMILES string of the molecule is CC1=C(C(=O)NCCCC2CCN(S(=O)(=O)c3ccc(C(F)(F)F)cc3)CC2)Sc2cccc3ncc1n23. The highest BCUT2D eigenvalue weighted by molar-refractivity contribution is 8.04. The number of aromatic nitrogens is 2. The van der Waals surface area contributed by atoms with Gasteiger partial charge in [0, 0.05) is 19.6 Å². The van der Waals surface area contributed by atoms with Gasteiger partial charge in [-0.25, -0.2) is 13.4 Å². The van der Waals surface area contributed by atoms with Crippen LogP contribution in [0.5, 0.6) is 0 Å². The van der Waals surface area contributed by atoms with Gasteiger partial charge in [-0.05, 0) is 80.5 Å². The Morgan fingerprint density at radius 2 is 1.84 bits per heavy atom. The second-order valence-corrected chi connectivity index (χ2v) is 12.5. The van der Waals surface area contributed by atoms with Crippen LogP contribution in [0, 0.1) is 5.92 Å². The molecule has 1 aromatic carbocycles. The van der Waals surface area contributed by atoms with Crippen molar-refractivity contribution in [3.05, 3.63) is 64.8 Å². The van der Waals surface area contributed by atoms with Crippen molar-refractivity contribution in [3.8, 4) is 0 Å². The maximum absolute atomic E-state index is 12.9. The largest absolute Gasteiger partial charge is 0.416 e. The van der Waals surface area contributed by atoms with Crippen LogP contribution in [-0.2, 0) is 21.0 Å². The molecule has 1 fully saturated rings. The minimum absolute atomic E-state index is 0.116. The second-order valence-electron chi connectivity index (χ2n) is 9.52. The van der Waals surface area contributed by atoms with E-state index in [0.717, 1.165) is 59.0 Å². The zero-order valence-electron chi connectivity index (χ0n) is 20.7. The average Bonchev–Trinajstić information content (AvgIpc) is 3.34. The predicted octanol–water partition coefficient (Wildman–Crippen LogP) is 5.19. The van der Waals surface area contributed by atoms with Crippen molar-refractivity contribution in [3.63, 3.8) is 0 Å². The molecule has 0 aliphatic carbocycles. The van der Waals surface area contributed by atoms with E-state index in [1.54, 1.807) is 6.20 Å². The number of carbonyl (C=O) groups excluding carboxylic acids is 1. The Hall–Kier alpha value is -2.83. The second kappa shape index (κ2) is 10.4. The number of rotatable bonds is 7. The zero-order valence-corrected chi connectivity index (χ0v) is 22.3. The van der Waals surface area contributed by atoms with Gasteiger partial charge in [-0.3, -0.25) is 9.20 Å². The van der Waals surface area contributed by atoms with Crippen molar-refractivity contribution in [1.82, 2.24) is 19.0 Å². The molecule has 1 amide bonds. The third-order valence-electron chi connectivity index (χ3n) is 7.10. The number of allylic oxidation sites excluding steroid dienone is 1. The number of thioether (sulfide) groups is 1. The first-order valence-corrected chi connectivity index (χ1v) is 14.6. The third-order valence-corrected chi connectivity index (χ3v) is 10.2. The molecule has 2 aliphatic rings. The molecule has 0 atom stereocenters. The number of nitrogens with one attached hydrogen (secondary N) is 1. The summed E-state index contributed by atoms with van der Waals surface area (Å²) in [6, 6.07) is 9.45. The molecule has 0 saturated carbocycles. The van der Waals surface area contributed by atoms with Gasteiger partial charge in [0.25, 0.3) is 5.91 Å². The van der Waals surface area contributed by atoms with Crippen molar-refractivity contribution in [2.75, 3.05) is 19.6 Å². The van der Waals surface area contributed by atoms with Crippen LogP contribution in [-0.4, -0.2) is 47.6 Å². The van der Waals surface area contributed by atoms with E-state index in [2.05, 4.69) is 10.3 Å². The highest BCUT2D eigenvalue weighted by Crippen LogP contribution is 2.39. The van der Waals surface area contributed by atoms with Crippen molar-refractivity contribution in [2.24, 2.45) is 5.92 Å². The predicted molar refractivity (Wildman–Crippen MR) is 139 cm³/mol. The van der Waals surface area contributed by atoms with Gasteiger partial charge in [-0.1, -0.05) is 17.8 Å². The minimum Gasteiger partial charge on any atom is -0.352 e. The van der Waals surface area contributed by atoms with Gasteiger partial charge in [0.15, 0.2) is 0 Å². The van der Waals surface area contributed by atoms with E-state index < -0.39 is 21.8 Å². The van der Waals surface area contributed by atoms with Crippen molar-refractivity contribution >= 4 is 38.9 Å². The number of amides is 1. The van der Waals surface area contributed by atoms with Crippen molar-refractivity contribution in [2.45, 2.75) is 48.7 Å². The fourth-order valence-corrected chi connectivity index (χ4v) is 7.47. The van der Waals surface area contributed by atoms with E-state index in [-0.39, 0.29) is 10.8 Å². The average molecular weight is 565 g/mol. The number of alkyl halides is 3. The van der Waals surface area contributed by atoms with Gasteiger partial charge in [0.05, 0.1) is 32.3 Å². The van der Waals surface area contributed by atoms with Crippen LogP contribution in [0.2, 0.25) is 0 Å². The number of benzene rings is 1. The Balaban J connectivity index is 1.09. The fraction of sp³-hybridized carbons (Fsp3) is 0.385. The summed E-state index contributed by atoms with van der Waals surface area (Å²) in [5.74, 6) is 0.206. The summed E-state index contributed by atoms with van der Waals surface area (Å²) < 4.78 is 67.5. The van der Waals surface area contributed by atoms with Gasteiger partial charge in [-0.15, -0.1) is 0 Å². The molecule has 1 saturated heterocycles. The molecule has 0 unspecified atom stereocenters. The molecule has 2 aromatic heterocycles. The summed E-state index contributed by atoms with van der Waals surface area (Å²) in [7, 11) is -3.84. The van der Waals surface area contributed by atoms with Crippen LogP contribution in [0.15, 0.2) is 63.5 Å². The van der Waals surface area contributed by atoms with E-state index in [1.165, 1.54) is 16.1 Å². The van der Waals surface area contributed by atoms with Crippen molar-refractivity contribution in [1.29, 1.82) is 0 Å². The van der Waals surface area contributed by atoms with Crippen LogP contribution < -0.4 is 5.32 Å². The smallest absolute Gasteiger partial charge is 0.352 e. The lowest BCUT2D eigenvalue weighted by Gasteiger charge is -2.31. The molecule has 0 spiro atoms. The summed E-state index contributed by atoms with van der Waals surface area (Å²) in [5, 5.41) is 3.96. The van der Waals surface area contributed by atoms with Gasteiger partial charge in [0.2, 0.25) is 10.0 Å². The molecule has 38 heavy (non-hydrogen) atoms. The number of pyridine rings is 1. The number of nitrogens with zero attached hydrogens (tertiary/aromatic N) is 3. The molecule has 3 aromatic rings. The van der Waals surface area contributed by atoms with Crippen LogP contribution in [0.25, 0.3) is 11.2 Å². The first-order valence-electron chi connectivity index (χ1n) is 12.4. The summed E-state index contributed by atoms with van der Waals surface area (Å²) >= 11 is 1.43. The van der Waals surface area contributed by atoms with Crippen LogP contribution in [0.1, 0.15) is 43.9 Å². The number of carbonyl (C=O) groups is 1. The molecule has 202 valence electrons. The molecule has 1 N–H and O–H groups in total. The summed E-state index contributed by atoms with van der Waals surface area (Å²) in [5.41, 5.74) is 1.78. The molecule has 2 aliphatic heterocycles. The van der Waals surface area contributed by atoms with E-state index in [4.69, 9.17) is 0 Å². The summed E-state index contributed by atoms with van der Waals surface area (Å²) in [6.07, 6.45) is 0.233. The van der Waals surface area contributed by atoms with Gasteiger partial charge < -0.3 is 5.32 Å². The Labute approximate surface area is 223 Å². The van der Waals surface area contributed by atoms with Gasteiger partial charge in [-0.2, -0.15) is 17.5 Å². The molecule has 5 rings (SSSR count). The zero-order chi connectivity index (χ0) is 27.1. The minimum atomic E-state index is -4.51. The topological polar surface area (TPSA) is 83.8 Å². The molecule has 12 heteroatoms. The molecular weight excluding hydrogens is 537 g/mol. The third kappa shape index (κ3) is 5.21. The van der Waals surface area contributed by atoms with Gasteiger partial charge >= 0.3 is 6.18 Å². The summed E-state index contributed by atoms with van der Waals surface area (Å²) in [6.45, 7) is 3.09. The highest BCUT2D eigenvalue weighted by Gasteiger charge is 2.33. The molecular formula is C26H27F3N4O3S2. The number of hydrogen-bond donors (Lipinski definition) is 1. The van der Waals surface area contributed by atoms with E-state index in [9.17, 15) is 26.4 Å². The summed E-state index contributed by atoms with van der Waals surface area (Å²) in [4.78, 5) is 17.9. The molecule has 0 bridgehead atoms. The van der Waals surface area contributed by atoms with E-state index >= 15 is 0 Å². The maximum atomic E-state index is 12.9. The van der Waals surface area contributed by atoms with E-state index in [1.807, 2.05) is 29.5 Å². The monoisotopic (exact) mass is 564 g/mol. The number of halogens is 3. The van der Waals surface area contributed by atoms with E-state index in [0.29, 0.717) is 43.3 Å². The first-order chi connectivity index (χ1) is 18.1. The Bertz CT molecular complexity index is 1490. The lowest BCUT2D eigenvalue weighted by Crippen LogP contribution is -2.38. The van der Waals surface area contributed by atoms with Crippen LogP contribution >= 0.6 is 11.8 Å². The number of sulfonamides is 1. The Kier molecular flexibility index (Phi) is 7.31. The lowest BCUT2D eigenvalue weighted by molar-refractivity contribution is -0.137. The number of hydrogen-bond acceptors (Lipinski definition) is 5. The fourth-order valence-electron chi connectivity index (χ4n) is 4.94. The van der Waals surface area contributed by atoms with Gasteiger partial charge in [0.1, 0.15) is 5.65 Å². The standard InChI is InChI=1S/C26H27F3N4O3S2/c1-17-21-16-31-22-5-2-6-23(33(21)22)37-24(17)25(34)30-13-3-4-18-11-14-32(15-12-18)38(35,36)20-9-7-19(8-10-20)26(27,28)29/h2,5-10,16,18H,3-4,11-15H2,1H3,(H,30,34). The van der Waals surface area contributed by atoms with Crippen LogP contribution in [0.3, 0.4) is 0 Å². The number of imidazole rings is 1. The van der Waals surface area contributed by atoms with Crippen LogP contribution in [0.4, 0.5) is 13.2 Å². The molecule has 7 nitrogen and oxygen atoms in total. The Morgan fingerprint density at radius 3 is 2.53 bits per heavy atom. The molecule has 0 radical (unpaired) electrons. The Morgan fingerprint density at radius 1 is 1.13 bits per heavy atom. The number of piperidine rings is 1. The first kappa shape index (κ1) is 26.8. The maximum Gasteiger partial charge on any atom is 0.416 e. The lowest BCUT2D eigenvalue weighted by atomic mass is 9.93. The highest BCUT2D eigenvalue weighted by atomic mass is 32.2.